The molecule has 0 aromatic rings. The van der Waals surface area contributed by atoms with Crippen molar-refractivity contribution >= 4 is 16.2 Å². The molecule has 2 fully saturated rings. The molecule has 2 rings (SSSR count). The van der Waals surface area contributed by atoms with Gasteiger partial charge in [0.25, 0.3) is 10.2 Å². The molecule has 19 heavy (non-hydrogen) atoms. The number of piperidine rings is 1. The molecule has 2 N–H and O–H groups in total. The van der Waals surface area contributed by atoms with Gasteiger partial charge in [0.1, 0.15) is 0 Å². The third kappa shape index (κ3) is 3.46. The number of nitrogens with zero attached hydrogens (tertiary/aromatic N) is 1. The van der Waals surface area contributed by atoms with Gasteiger partial charge in [0.05, 0.1) is 5.92 Å². The van der Waals surface area contributed by atoms with Crippen LogP contribution in [0.2, 0.25) is 0 Å². The smallest absolute Gasteiger partial charge is 0.308 e. The van der Waals surface area contributed by atoms with Gasteiger partial charge in [0, 0.05) is 19.1 Å². The average Bonchev–Trinajstić information content (AvgIpc) is 2.76. The van der Waals surface area contributed by atoms with Crippen LogP contribution in [0.1, 0.15) is 39.0 Å². The number of carboxylic acid groups (broad SMARTS) is 1. The Labute approximate surface area is 114 Å². The molecule has 1 saturated heterocycles. The molecule has 110 valence electrons. The van der Waals surface area contributed by atoms with E-state index in [1.807, 2.05) is 6.92 Å². The lowest BCUT2D eigenvalue weighted by Crippen LogP contribution is -2.50. The van der Waals surface area contributed by atoms with Crippen molar-refractivity contribution in [1.82, 2.24) is 9.03 Å². The van der Waals surface area contributed by atoms with Gasteiger partial charge in [-0.2, -0.15) is 17.4 Å². The zero-order valence-corrected chi connectivity index (χ0v) is 12.0. The number of aliphatic carboxylic acids is 1. The molecule has 0 spiro atoms. The van der Waals surface area contributed by atoms with Gasteiger partial charge in [-0.15, -0.1) is 0 Å². The predicted molar refractivity (Wildman–Crippen MR) is 70.8 cm³/mol. The molecule has 0 amide bonds. The maximum absolute atomic E-state index is 12.3. The fraction of sp³-hybridized carbons (Fsp3) is 0.917. The van der Waals surface area contributed by atoms with Gasteiger partial charge < -0.3 is 5.11 Å². The average molecular weight is 290 g/mol. The van der Waals surface area contributed by atoms with Crippen LogP contribution in [0, 0.1) is 11.8 Å². The lowest BCUT2D eigenvalue weighted by atomic mass is 10.0. The Morgan fingerprint density at radius 3 is 2.63 bits per heavy atom. The second-order valence-electron chi connectivity index (χ2n) is 5.71. The summed E-state index contributed by atoms with van der Waals surface area (Å²) in [5.41, 5.74) is 0. The summed E-state index contributed by atoms with van der Waals surface area (Å²) >= 11 is 0. The summed E-state index contributed by atoms with van der Waals surface area (Å²) in [6, 6.07) is -0.459. The van der Waals surface area contributed by atoms with Crippen molar-refractivity contribution in [2.45, 2.75) is 45.1 Å². The Bertz CT molecular complexity index is 437. The Morgan fingerprint density at radius 2 is 2.00 bits per heavy atom. The predicted octanol–water partition coefficient (Wildman–Crippen LogP) is 0.806. The summed E-state index contributed by atoms with van der Waals surface area (Å²) in [6.07, 6.45) is 3.85. The summed E-state index contributed by atoms with van der Waals surface area (Å²) < 4.78 is 28.6. The maximum Gasteiger partial charge on any atom is 0.308 e. The summed E-state index contributed by atoms with van der Waals surface area (Å²) in [5.74, 6) is -1.13. The minimum atomic E-state index is -3.55. The van der Waals surface area contributed by atoms with E-state index in [9.17, 15) is 13.2 Å². The Hall–Kier alpha value is -0.660. The highest BCUT2D eigenvalue weighted by atomic mass is 32.2. The molecular weight excluding hydrogens is 268 g/mol. The van der Waals surface area contributed by atoms with Crippen LogP contribution in [0.4, 0.5) is 0 Å². The van der Waals surface area contributed by atoms with Crippen LogP contribution in [-0.4, -0.2) is 42.9 Å². The first kappa shape index (κ1) is 14.7. The van der Waals surface area contributed by atoms with E-state index in [0.717, 1.165) is 19.3 Å². The van der Waals surface area contributed by atoms with Gasteiger partial charge in [-0.1, -0.05) is 13.3 Å². The molecule has 3 atom stereocenters. The van der Waals surface area contributed by atoms with E-state index in [2.05, 4.69) is 4.72 Å². The van der Waals surface area contributed by atoms with Crippen molar-refractivity contribution in [3.63, 3.8) is 0 Å². The fourth-order valence-corrected chi connectivity index (χ4v) is 4.66. The first-order valence-electron chi connectivity index (χ1n) is 6.90. The van der Waals surface area contributed by atoms with E-state index >= 15 is 0 Å². The number of carboxylic acids is 1. The molecule has 0 radical (unpaired) electrons. The lowest BCUT2D eigenvalue weighted by Gasteiger charge is -2.31. The van der Waals surface area contributed by atoms with E-state index in [1.165, 1.54) is 4.31 Å². The molecule has 1 saturated carbocycles. The molecule has 0 aromatic carbocycles. The fourth-order valence-electron chi connectivity index (χ4n) is 3.03. The molecule has 2 aliphatic rings. The molecule has 1 aliphatic carbocycles. The van der Waals surface area contributed by atoms with Gasteiger partial charge in [-0.25, -0.2) is 0 Å². The Morgan fingerprint density at radius 1 is 1.26 bits per heavy atom. The van der Waals surface area contributed by atoms with Crippen molar-refractivity contribution in [2.75, 3.05) is 13.1 Å². The first-order chi connectivity index (χ1) is 8.90. The number of hydrogen-bond acceptors (Lipinski definition) is 3. The van der Waals surface area contributed by atoms with Gasteiger partial charge in [-0.3, -0.25) is 4.79 Å². The van der Waals surface area contributed by atoms with E-state index in [0.29, 0.717) is 31.8 Å². The molecular formula is C12H22N2O4S. The standard InChI is InChI=1S/C12H22N2O4S/c1-9-4-3-7-14(8-9)19(17,18)13-11-6-2-5-10(11)12(15)16/h9-11,13H,2-8H2,1H3,(H,15,16). The molecule has 0 bridgehead atoms. The highest BCUT2D eigenvalue weighted by Gasteiger charge is 2.37. The van der Waals surface area contributed by atoms with Crippen molar-refractivity contribution in [3.05, 3.63) is 0 Å². The summed E-state index contributed by atoms with van der Waals surface area (Å²) in [4.78, 5) is 11.1. The summed E-state index contributed by atoms with van der Waals surface area (Å²) in [5, 5.41) is 9.08. The SMILES string of the molecule is CC1CCCN(S(=O)(=O)NC2CCCC2C(=O)O)C1. The van der Waals surface area contributed by atoms with Crippen molar-refractivity contribution < 1.29 is 18.3 Å². The normalized spacial score (nSPS) is 33.4. The largest absolute Gasteiger partial charge is 0.481 e. The van der Waals surface area contributed by atoms with Crippen molar-refractivity contribution in [3.8, 4) is 0 Å². The number of hydrogen-bond donors (Lipinski definition) is 2. The van der Waals surface area contributed by atoms with Crippen molar-refractivity contribution in [1.29, 1.82) is 0 Å². The van der Waals surface area contributed by atoms with Crippen LogP contribution < -0.4 is 4.72 Å². The summed E-state index contributed by atoms with van der Waals surface area (Å²) in [6.45, 7) is 3.10. The zero-order valence-electron chi connectivity index (χ0n) is 11.2. The van der Waals surface area contributed by atoms with Crippen LogP contribution >= 0.6 is 0 Å². The van der Waals surface area contributed by atoms with Crippen LogP contribution in [0.25, 0.3) is 0 Å². The van der Waals surface area contributed by atoms with E-state index in [-0.39, 0.29) is 0 Å². The van der Waals surface area contributed by atoms with Gasteiger partial charge in [0.15, 0.2) is 0 Å². The Balaban J connectivity index is 2.02. The molecule has 1 heterocycles. The van der Waals surface area contributed by atoms with E-state index in [4.69, 9.17) is 5.11 Å². The van der Waals surface area contributed by atoms with Gasteiger partial charge >= 0.3 is 5.97 Å². The minimum Gasteiger partial charge on any atom is -0.481 e. The molecule has 6 nitrogen and oxygen atoms in total. The molecule has 3 unspecified atom stereocenters. The van der Waals surface area contributed by atoms with Crippen LogP contribution in [-0.2, 0) is 15.0 Å². The highest BCUT2D eigenvalue weighted by molar-refractivity contribution is 7.87. The molecule has 1 aliphatic heterocycles. The summed E-state index contributed by atoms with van der Waals surface area (Å²) in [7, 11) is -3.55. The highest BCUT2D eigenvalue weighted by Crippen LogP contribution is 2.27. The maximum atomic E-state index is 12.3. The Kier molecular flexibility index (Phi) is 4.47. The van der Waals surface area contributed by atoms with Crippen LogP contribution in [0.15, 0.2) is 0 Å². The third-order valence-corrected chi connectivity index (χ3v) is 5.71. The monoisotopic (exact) mass is 290 g/mol. The van der Waals surface area contributed by atoms with Crippen molar-refractivity contribution in [2.24, 2.45) is 11.8 Å². The molecule has 0 aromatic heterocycles. The number of nitrogens with one attached hydrogen (secondary N) is 1. The second-order valence-corrected chi connectivity index (χ2v) is 7.41. The lowest BCUT2D eigenvalue weighted by molar-refractivity contribution is -0.142. The number of rotatable bonds is 4. The zero-order chi connectivity index (χ0) is 14.0. The number of carbonyl (C=O) groups is 1. The van der Waals surface area contributed by atoms with Crippen LogP contribution in [0.3, 0.4) is 0 Å². The first-order valence-corrected chi connectivity index (χ1v) is 8.34. The van der Waals surface area contributed by atoms with Gasteiger partial charge in [-0.05, 0) is 31.6 Å². The molecule has 7 heteroatoms. The topological polar surface area (TPSA) is 86.7 Å². The second kappa shape index (κ2) is 5.76. The minimum absolute atomic E-state index is 0.365. The van der Waals surface area contributed by atoms with Gasteiger partial charge in [0.2, 0.25) is 0 Å². The third-order valence-electron chi connectivity index (χ3n) is 4.09. The van der Waals surface area contributed by atoms with E-state index in [1.54, 1.807) is 0 Å². The van der Waals surface area contributed by atoms with Crippen LogP contribution in [0.5, 0.6) is 0 Å². The van der Waals surface area contributed by atoms with E-state index < -0.39 is 28.1 Å². The quantitative estimate of drug-likeness (QED) is 0.802.